The number of alkyl halides is 6. The molecule has 4 aromatic carbocycles. The molecular formula is C37H34F6N4O4. The summed E-state index contributed by atoms with van der Waals surface area (Å²) in [6.45, 7) is 0.166. The van der Waals surface area contributed by atoms with Crippen LogP contribution in [0.25, 0.3) is 0 Å². The molecule has 0 unspecified atom stereocenters. The van der Waals surface area contributed by atoms with Gasteiger partial charge in [-0.15, -0.1) is 0 Å². The second-order valence-corrected chi connectivity index (χ2v) is 11.4. The van der Waals surface area contributed by atoms with Gasteiger partial charge in [0.2, 0.25) is 11.8 Å². The third kappa shape index (κ3) is 11.2. The molecule has 0 bridgehead atoms. The van der Waals surface area contributed by atoms with Crippen LogP contribution in [0.5, 0.6) is 11.5 Å². The number of nitrogens with one attached hydrogen (secondary N) is 2. The van der Waals surface area contributed by atoms with Crippen LogP contribution in [0, 0.1) is 0 Å². The number of aliphatic imine (C=N–C) groups is 2. The van der Waals surface area contributed by atoms with Gasteiger partial charge < -0.3 is 20.8 Å². The normalized spacial score (nSPS) is 13.3. The Morgan fingerprint density at radius 3 is 1.31 bits per heavy atom. The minimum absolute atomic E-state index is 0.0828. The first-order valence-corrected chi connectivity index (χ1v) is 15.7. The fourth-order valence-electron chi connectivity index (χ4n) is 4.98. The summed E-state index contributed by atoms with van der Waals surface area (Å²) >= 11 is 0. The van der Waals surface area contributed by atoms with E-state index in [0.29, 0.717) is 0 Å². The second-order valence-electron chi connectivity index (χ2n) is 11.4. The molecule has 0 heterocycles. The molecule has 4 N–H and O–H groups in total. The lowest BCUT2D eigenvalue weighted by atomic mass is 10.0. The lowest BCUT2D eigenvalue weighted by Crippen LogP contribution is -2.39. The highest BCUT2D eigenvalue weighted by atomic mass is 19.4. The van der Waals surface area contributed by atoms with E-state index in [1.807, 2.05) is 0 Å². The van der Waals surface area contributed by atoms with E-state index >= 15 is 0 Å². The molecule has 2 amide bonds. The lowest BCUT2D eigenvalue weighted by molar-refractivity contribution is -0.139. The number of phenols is 2. The number of benzene rings is 4. The van der Waals surface area contributed by atoms with Gasteiger partial charge in [0, 0.05) is 49.5 Å². The zero-order valence-electron chi connectivity index (χ0n) is 27.0. The fraction of sp³-hybridized carbons (Fsp3) is 0.243. The van der Waals surface area contributed by atoms with Crippen molar-refractivity contribution in [3.63, 3.8) is 0 Å². The first kappa shape index (κ1) is 38.1. The number of hydrogen-bond acceptors (Lipinski definition) is 6. The van der Waals surface area contributed by atoms with Crippen LogP contribution in [0.2, 0.25) is 0 Å². The van der Waals surface area contributed by atoms with Crippen molar-refractivity contribution in [2.75, 3.05) is 13.1 Å². The van der Waals surface area contributed by atoms with E-state index in [4.69, 9.17) is 0 Å². The van der Waals surface area contributed by atoms with Crippen molar-refractivity contribution in [1.82, 2.24) is 10.6 Å². The van der Waals surface area contributed by atoms with Crippen LogP contribution in [-0.4, -0.2) is 59.6 Å². The maximum atomic E-state index is 13.3. The number of phenolic OH excluding ortho intramolecular Hbond substituents is 2. The summed E-state index contributed by atoms with van der Waals surface area (Å²) in [7, 11) is 0. The molecule has 0 radical (unpaired) electrons. The van der Waals surface area contributed by atoms with E-state index in [9.17, 15) is 46.1 Å². The van der Waals surface area contributed by atoms with Crippen LogP contribution in [0.3, 0.4) is 0 Å². The van der Waals surface area contributed by atoms with Gasteiger partial charge >= 0.3 is 12.4 Å². The molecule has 4 aromatic rings. The van der Waals surface area contributed by atoms with Gasteiger partial charge in [0.1, 0.15) is 23.6 Å². The van der Waals surface area contributed by atoms with Crippen molar-refractivity contribution in [2.24, 2.45) is 9.98 Å². The Hall–Kier alpha value is -5.66. The summed E-state index contributed by atoms with van der Waals surface area (Å²) < 4.78 is 79.6. The summed E-state index contributed by atoms with van der Waals surface area (Å²) in [6.07, 6.45) is -7.06. The molecule has 0 aromatic heterocycles. The maximum absolute atomic E-state index is 13.3. The number of aromatic hydroxyl groups is 2. The molecular weight excluding hydrogens is 678 g/mol. The average molecular weight is 713 g/mol. The predicted octanol–water partition coefficient (Wildman–Crippen LogP) is 6.52. The van der Waals surface area contributed by atoms with Gasteiger partial charge in [-0.2, -0.15) is 26.3 Å². The highest BCUT2D eigenvalue weighted by Gasteiger charge is 2.35. The minimum atomic E-state index is -4.79. The van der Waals surface area contributed by atoms with Crippen LogP contribution in [0.1, 0.15) is 39.8 Å². The summed E-state index contributed by atoms with van der Waals surface area (Å²) in [4.78, 5) is 34.7. The molecule has 14 heteroatoms. The maximum Gasteiger partial charge on any atom is 0.419 e. The van der Waals surface area contributed by atoms with Gasteiger partial charge in [0.25, 0.3) is 0 Å². The van der Waals surface area contributed by atoms with Crippen LogP contribution < -0.4 is 10.6 Å². The second kappa shape index (κ2) is 17.3. The molecule has 0 aliphatic carbocycles. The van der Waals surface area contributed by atoms with E-state index in [1.54, 1.807) is 60.7 Å². The van der Waals surface area contributed by atoms with E-state index in [1.165, 1.54) is 12.1 Å². The van der Waals surface area contributed by atoms with Gasteiger partial charge in [-0.25, -0.2) is 0 Å². The Morgan fingerprint density at radius 2 is 0.961 bits per heavy atom. The van der Waals surface area contributed by atoms with Crippen molar-refractivity contribution < 1.29 is 46.1 Å². The molecule has 0 aliphatic rings. The number of halogens is 6. The highest BCUT2D eigenvalue weighted by Crippen LogP contribution is 2.38. The van der Waals surface area contributed by atoms with Crippen molar-refractivity contribution in [2.45, 2.75) is 43.7 Å². The van der Waals surface area contributed by atoms with Gasteiger partial charge in [-0.05, 0) is 41.8 Å². The zero-order chi connectivity index (χ0) is 37.0. The van der Waals surface area contributed by atoms with Gasteiger partial charge in [0.05, 0.1) is 11.1 Å². The summed E-state index contributed by atoms with van der Waals surface area (Å²) in [5.74, 6) is -3.10. The van der Waals surface area contributed by atoms with E-state index < -0.39 is 58.9 Å². The van der Waals surface area contributed by atoms with Crippen molar-refractivity contribution in [3.05, 3.63) is 130 Å². The summed E-state index contributed by atoms with van der Waals surface area (Å²) in [6, 6.07) is 21.7. The third-order valence-corrected chi connectivity index (χ3v) is 7.63. The van der Waals surface area contributed by atoms with Gasteiger partial charge in [-0.1, -0.05) is 72.8 Å². The summed E-state index contributed by atoms with van der Waals surface area (Å²) in [5, 5.41) is 25.8. The smallest absolute Gasteiger partial charge is 0.419 e. The van der Waals surface area contributed by atoms with E-state index in [0.717, 1.165) is 47.8 Å². The SMILES string of the molecule is O=C(NCCCNC(=O)[C@H](Cc1ccccc1)N=Cc1cccc(C(F)(F)F)c1O)[C@H](Cc1ccccc1)N=Cc1cccc(C(F)(F)F)c1O. The van der Waals surface area contributed by atoms with Crippen LogP contribution >= 0.6 is 0 Å². The third-order valence-electron chi connectivity index (χ3n) is 7.63. The summed E-state index contributed by atoms with van der Waals surface area (Å²) in [5.41, 5.74) is -1.42. The van der Waals surface area contributed by atoms with Crippen molar-refractivity contribution in [3.8, 4) is 11.5 Å². The van der Waals surface area contributed by atoms with Crippen LogP contribution in [-0.2, 0) is 34.8 Å². The van der Waals surface area contributed by atoms with E-state index in [2.05, 4.69) is 20.6 Å². The molecule has 0 aliphatic heterocycles. The highest BCUT2D eigenvalue weighted by molar-refractivity contribution is 5.90. The van der Waals surface area contributed by atoms with Crippen molar-refractivity contribution in [1.29, 1.82) is 0 Å². The monoisotopic (exact) mass is 712 g/mol. The Morgan fingerprint density at radius 1 is 0.588 bits per heavy atom. The number of carbonyl (C=O) groups excluding carboxylic acids is 2. The Bertz CT molecular complexity index is 1700. The lowest BCUT2D eigenvalue weighted by Gasteiger charge is -2.15. The van der Waals surface area contributed by atoms with Crippen LogP contribution in [0.15, 0.2) is 107 Å². The molecule has 51 heavy (non-hydrogen) atoms. The number of nitrogens with zero attached hydrogens (tertiary/aromatic N) is 2. The molecule has 8 nitrogen and oxygen atoms in total. The predicted molar refractivity (Wildman–Crippen MR) is 180 cm³/mol. The molecule has 268 valence electrons. The standard InChI is InChI=1S/C37H34F6N4O4/c38-36(39,40)28-16-7-14-26(32(28)48)22-46-30(20-24-10-3-1-4-11-24)34(50)44-18-9-19-45-35(51)31(21-25-12-5-2-6-13-25)47-23-27-15-8-17-29(33(27)49)37(41,42)43/h1-8,10-17,22-23,30-31,48-49H,9,18-21H2,(H,44,50)(H,45,51)/t30-,31-/m0/s1. The number of amides is 2. The number of rotatable bonds is 14. The first-order chi connectivity index (χ1) is 24.2. The van der Waals surface area contributed by atoms with E-state index in [-0.39, 0.29) is 43.5 Å². The molecule has 0 saturated heterocycles. The Balaban J connectivity index is 1.40. The molecule has 4 rings (SSSR count). The number of carbonyl (C=O) groups is 2. The zero-order valence-corrected chi connectivity index (χ0v) is 27.0. The molecule has 0 spiro atoms. The Kier molecular flexibility index (Phi) is 13.0. The largest absolute Gasteiger partial charge is 0.507 e. The van der Waals surface area contributed by atoms with Crippen molar-refractivity contribution >= 4 is 24.2 Å². The minimum Gasteiger partial charge on any atom is -0.507 e. The van der Waals surface area contributed by atoms with Gasteiger partial charge in [0.15, 0.2) is 0 Å². The molecule has 0 fully saturated rings. The average Bonchev–Trinajstić information content (AvgIpc) is 3.09. The fourth-order valence-corrected chi connectivity index (χ4v) is 4.98. The molecule has 0 saturated carbocycles. The quantitative estimate of drug-likeness (QED) is 0.0676. The number of hydrogen-bond donors (Lipinski definition) is 4. The first-order valence-electron chi connectivity index (χ1n) is 15.7. The Labute approximate surface area is 289 Å². The molecule has 2 atom stereocenters. The topological polar surface area (TPSA) is 123 Å². The number of para-hydroxylation sites is 2. The van der Waals surface area contributed by atoms with Gasteiger partial charge in [-0.3, -0.25) is 19.6 Å². The van der Waals surface area contributed by atoms with Crippen LogP contribution in [0.4, 0.5) is 26.3 Å².